The van der Waals surface area contributed by atoms with Crippen LogP contribution in [0.1, 0.15) is 71.1 Å². The first kappa shape index (κ1) is 41.4. The molecule has 0 spiro atoms. The monoisotopic (exact) mass is 746 g/mol. The van der Waals surface area contributed by atoms with Crippen molar-refractivity contribution in [1.29, 1.82) is 0 Å². The highest BCUT2D eigenvalue weighted by atomic mass is 31.2. The Hall–Kier alpha value is -4.75. The molecule has 0 saturated carbocycles. The highest BCUT2D eigenvalue weighted by molar-refractivity contribution is 7.96. The van der Waals surface area contributed by atoms with Crippen molar-refractivity contribution in [2.45, 2.75) is 59.5 Å². The third-order valence-electron chi connectivity index (χ3n) is 10.8. The fourth-order valence-electron chi connectivity index (χ4n) is 7.97. The van der Waals surface area contributed by atoms with Crippen molar-refractivity contribution >= 4 is 34.3 Å². The van der Waals surface area contributed by atoms with Gasteiger partial charge in [-0.05, 0) is 123 Å². The van der Waals surface area contributed by atoms with E-state index >= 15 is 0 Å². The first-order chi connectivity index (χ1) is 26.5. The Balaban J connectivity index is 0.000000211. The van der Waals surface area contributed by atoms with Gasteiger partial charge in [0.1, 0.15) is 35.5 Å². The summed E-state index contributed by atoms with van der Waals surface area (Å²) in [6.45, 7) is 16.0. The third-order valence-corrected chi connectivity index (χ3v) is 16.0. The van der Waals surface area contributed by atoms with Gasteiger partial charge in [-0.15, -0.1) is 0 Å². The van der Waals surface area contributed by atoms with Crippen LogP contribution in [0.5, 0.6) is 5.75 Å². The Morgan fingerprint density at radius 3 is 1.31 bits per heavy atom. The molecule has 0 unspecified atom stereocenters. The molecular formula is C52H61NOP+. The molecular weight excluding hydrogens is 686 g/mol. The lowest BCUT2D eigenvalue weighted by atomic mass is 9.81. The SMILES string of the molecule is C/C(=C(\c1ccccc1)c1ccc(OCCN(C)C)cc1)c1ccccc1.CCC(C)(C)CC(C)(C)[P+](c1ccccc1)(c1ccccc1)c1ccccc1. The third kappa shape index (κ3) is 10.3. The van der Waals surface area contributed by atoms with Gasteiger partial charge in [0.25, 0.3) is 0 Å². The molecule has 55 heavy (non-hydrogen) atoms. The normalized spacial score (nSPS) is 12.4. The highest BCUT2D eigenvalue weighted by Crippen LogP contribution is 2.68. The molecule has 0 aliphatic carbocycles. The van der Waals surface area contributed by atoms with Crippen molar-refractivity contribution in [3.05, 3.63) is 193 Å². The van der Waals surface area contributed by atoms with Gasteiger partial charge >= 0.3 is 0 Å². The number of likely N-dealkylation sites (N-methyl/N-ethyl adjacent to an activating group) is 1. The quantitative estimate of drug-likeness (QED) is 0.0813. The highest BCUT2D eigenvalue weighted by Gasteiger charge is 2.58. The molecule has 0 fully saturated rings. The lowest BCUT2D eigenvalue weighted by molar-refractivity contribution is 0.261. The maximum absolute atomic E-state index is 5.84. The first-order valence-electron chi connectivity index (χ1n) is 19.7. The molecule has 0 atom stereocenters. The van der Waals surface area contributed by atoms with Crippen LogP contribution in [0, 0.1) is 5.41 Å². The van der Waals surface area contributed by atoms with E-state index in [9.17, 15) is 0 Å². The smallest absolute Gasteiger partial charge is 0.119 e. The topological polar surface area (TPSA) is 12.5 Å². The molecule has 6 aromatic rings. The zero-order valence-electron chi connectivity index (χ0n) is 34.4. The molecule has 3 heteroatoms. The summed E-state index contributed by atoms with van der Waals surface area (Å²) in [5, 5.41) is 4.55. The van der Waals surface area contributed by atoms with Crippen LogP contribution in [0.4, 0.5) is 0 Å². The summed E-state index contributed by atoms with van der Waals surface area (Å²) in [7, 11) is 2.24. The number of rotatable bonds is 14. The number of benzene rings is 6. The maximum Gasteiger partial charge on any atom is 0.119 e. The number of ether oxygens (including phenoxy) is 1. The van der Waals surface area contributed by atoms with Gasteiger partial charge in [-0.2, -0.15) is 0 Å². The zero-order chi connectivity index (χ0) is 39.3. The van der Waals surface area contributed by atoms with E-state index in [1.165, 1.54) is 56.6 Å². The van der Waals surface area contributed by atoms with Gasteiger partial charge < -0.3 is 9.64 Å². The predicted molar refractivity (Wildman–Crippen MR) is 243 cm³/mol. The van der Waals surface area contributed by atoms with E-state index in [1.807, 2.05) is 0 Å². The Bertz CT molecular complexity index is 1940. The van der Waals surface area contributed by atoms with Gasteiger partial charge in [0, 0.05) is 6.54 Å². The molecule has 0 radical (unpaired) electrons. The Morgan fingerprint density at radius 1 is 0.527 bits per heavy atom. The largest absolute Gasteiger partial charge is 0.492 e. The van der Waals surface area contributed by atoms with Crippen LogP contribution in [0.25, 0.3) is 11.1 Å². The summed E-state index contributed by atoms with van der Waals surface area (Å²) in [6.07, 6.45) is 2.37. The lowest BCUT2D eigenvalue weighted by Gasteiger charge is -2.44. The number of allylic oxidation sites excluding steroid dienone is 1. The molecule has 0 amide bonds. The number of nitrogens with zero attached hydrogens (tertiary/aromatic N) is 1. The fourth-order valence-corrected chi connectivity index (χ4v) is 13.5. The number of hydrogen-bond acceptors (Lipinski definition) is 2. The minimum absolute atomic E-state index is 0.122. The Kier molecular flexibility index (Phi) is 14.5. The molecule has 0 bridgehead atoms. The van der Waals surface area contributed by atoms with Crippen molar-refractivity contribution in [3.63, 3.8) is 0 Å². The molecule has 6 aromatic carbocycles. The van der Waals surface area contributed by atoms with Crippen molar-refractivity contribution in [2.24, 2.45) is 5.41 Å². The average Bonchev–Trinajstić information content (AvgIpc) is 3.20. The van der Waals surface area contributed by atoms with E-state index in [1.54, 1.807) is 0 Å². The van der Waals surface area contributed by atoms with Crippen molar-refractivity contribution < 1.29 is 4.74 Å². The lowest BCUT2D eigenvalue weighted by Crippen LogP contribution is -2.46. The molecule has 6 rings (SSSR count). The van der Waals surface area contributed by atoms with Gasteiger partial charge in [-0.25, -0.2) is 0 Å². The van der Waals surface area contributed by atoms with Crippen molar-refractivity contribution in [2.75, 3.05) is 27.2 Å². The van der Waals surface area contributed by atoms with E-state index in [-0.39, 0.29) is 5.16 Å². The standard InChI is InChI=1S/C27H34P.C25H27NO/c1-6-26(2,3)22-27(4,5)28(23-16-10-7-11-17-23,24-18-12-8-13-19-24)25-20-14-9-15-21-25;1-20(21-10-6-4-7-11-21)25(22-12-8-5-9-13-22)23-14-16-24(17-15-23)27-19-18-26(2)3/h7-21H,6,22H2,1-5H3;4-17H,18-19H2,1-3H3/q+1;/b;25-20-. The molecule has 0 heterocycles. The number of hydrogen-bond donors (Lipinski definition) is 0. The maximum atomic E-state index is 5.84. The summed E-state index contributed by atoms with van der Waals surface area (Å²) in [6, 6.07) is 63.3. The van der Waals surface area contributed by atoms with Gasteiger partial charge in [0.05, 0.1) is 5.16 Å². The summed E-state index contributed by atoms with van der Waals surface area (Å²) in [5.74, 6) is 0.908. The predicted octanol–water partition coefficient (Wildman–Crippen LogP) is 12.2. The molecule has 2 nitrogen and oxygen atoms in total. The van der Waals surface area contributed by atoms with Crippen molar-refractivity contribution in [3.8, 4) is 5.75 Å². The molecule has 0 aliphatic heterocycles. The fraction of sp³-hybridized carbons (Fsp3) is 0.269. The van der Waals surface area contributed by atoms with Crippen LogP contribution >= 0.6 is 7.26 Å². The summed E-state index contributed by atoms with van der Waals surface area (Å²) >= 11 is 0. The van der Waals surface area contributed by atoms with E-state index in [4.69, 9.17) is 4.74 Å². The van der Waals surface area contributed by atoms with Gasteiger partial charge in [0.2, 0.25) is 0 Å². The average molecular weight is 747 g/mol. The van der Waals surface area contributed by atoms with Crippen LogP contribution in [0.15, 0.2) is 176 Å². The molecule has 0 aromatic heterocycles. The van der Waals surface area contributed by atoms with Gasteiger partial charge in [-0.1, -0.05) is 155 Å². The van der Waals surface area contributed by atoms with Crippen molar-refractivity contribution in [1.82, 2.24) is 4.90 Å². The van der Waals surface area contributed by atoms with Crippen LogP contribution in [-0.4, -0.2) is 37.3 Å². The Labute approximate surface area is 333 Å². The van der Waals surface area contributed by atoms with Gasteiger partial charge in [0.15, 0.2) is 0 Å². The first-order valence-corrected chi connectivity index (χ1v) is 21.5. The van der Waals surface area contributed by atoms with Crippen LogP contribution in [0.3, 0.4) is 0 Å². The van der Waals surface area contributed by atoms with E-state index in [0.29, 0.717) is 12.0 Å². The zero-order valence-corrected chi connectivity index (χ0v) is 35.3. The van der Waals surface area contributed by atoms with E-state index in [2.05, 4.69) is 236 Å². The van der Waals surface area contributed by atoms with Gasteiger partial charge in [-0.3, -0.25) is 0 Å². The minimum Gasteiger partial charge on any atom is -0.492 e. The van der Waals surface area contributed by atoms with Crippen LogP contribution < -0.4 is 20.7 Å². The molecule has 0 saturated heterocycles. The minimum atomic E-state index is -1.87. The van der Waals surface area contributed by atoms with Crippen LogP contribution in [-0.2, 0) is 0 Å². The second kappa shape index (κ2) is 19.2. The molecule has 0 N–H and O–H groups in total. The summed E-state index contributed by atoms with van der Waals surface area (Å²) in [4.78, 5) is 2.12. The summed E-state index contributed by atoms with van der Waals surface area (Å²) in [5.41, 5.74) is 6.47. The van der Waals surface area contributed by atoms with E-state index in [0.717, 1.165) is 12.3 Å². The van der Waals surface area contributed by atoms with Crippen LogP contribution in [0.2, 0.25) is 0 Å². The molecule has 0 aliphatic rings. The molecule has 284 valence electrons. The second-order valence-electron chi connectivity index (χ2n) is 16.1. The second-order valence-corrected chi connectivity index (χ2v) is 20.2. The van der Waals surface area contributed by atoms with E-state index < -0.39 is 7.26 Å². The Morgan fingerprint density at radius 2 is 0.909 bits per heavy atom. The summed E-state index contributed by atoms with van der Waals surface area (Å²) < 4.78 is 5.84.